The van der Waals surface area contributed by atoms with Crippen molar-refractivity contribution in [3.63, 3.8) is 0 Å². The van der Waals surface area contributed by atoms with Gasteiger partial charge in [0, 0.05) is 29.6 Å². The molecule has 0 radical (unpaired) electrons. The number of aromatic nitrogens is 2. The van der Waals surface area contributed by atoms with Gasteiger partial charge < -0.3 is 10.1 Å². The minimum atomic E-state index is -0.196. The van der Waals surface area contributed by atoms with E-state index in [1.165, 1.54) is 17.9 Å². The molecule has 2 aromatic carbocycles. The molecule has 1 N–H and O–H groups in total. The van der Waals surface area contributed by atoms with E-state index in [0.717, 1.165) is 16.8 Å². The van der Waals surface area contributed by atoms with Gasteiger partial charge in [-0.3, -0.25) is 9.59 Å². The van der Waals surface area contributed by atoms with E-state index < -0.39 is 0 Å². The molecule has 0 atom stereocenters. The van der Waals surface area contributed by atoms with Gasteiger partial charge in [-0.15, -0.1) is 0 Å². The van der Waals surface area contributed by atoms with Gasteiger partial charge >= 0.3 is 0 Å². The van der Waals surface area contributed by atoms with Gasteiger partial charge in [0.1, 0.15) is 5.75 Å². The number of carbonyl (C=O) groups excluding carboxylic acids is 1. The molecule has 3 rings (SSSR count). The number of amides is 1. The lowest BCUT2D eigenvalue weighted by molar-refractivity contribution is -0.116. The van der Waals surface area contributed by atoms with Crippen LogP contribution < -0.4 is 15.6 Å². The maximum absolute atomic E-state index is 12.3. The van der Waals surface area contributed by atoms with Crippen LogP contribution in [-0.4, -0.2) is 22.8 Å². The minimum Gasteiger partial charge on any atom is -0.495 e. The fourth-order valence-corrected chi connectivity index (χ4v) is 3.04. The Bertz CT molecular complexity index is 1060. The Morgan fingerprint density at radius 3 is 2.62 bits per heavy atom. The highest BCUT2D eigenvalue weighted by molar-refractivity contribution is 6.31. The van der Waals surface area contributed by atoms with Gasteiger partial charge in [-0.2, -0.15) is 5.10 Å². The number of anilines is 1. The van der Waals surface area contributed by atoms with Gasteiger partial charge in [0.25, 0.3) is 5.56 Å². The highest BCUT2D eigenvalue weighted by Crippen LogP contribution is 2.27. The topological polar surface area (TPSA) is 73.2 Å². The third-order valence-corrected chi connectivity index (χ3v) is 4.66. The molecule has 0 spiro atoms. The largest absolute Gasteiger partial charge is 0.495 e. The molecule has 6 nitrogen and oxygen atoms in total. The van der Waals surface area contributed by atoms with Gasteiger partial charge in [0.2, 0.25) is 5.91 Å². The van der Waals surface area contributed by atoms with Crippen LogP contribution in [-0.2, 0) is 11.3 Å². The zero-order chi connectivity index (χ0) is 20.8. The number of halogens is 1. The third-order valence-electron chi connectivity index (χ3n) is 4.42. The van der Waals surface area contributed by atoms with Crippen molar-refractivity contribution in [3.8, 4) is 17.0 Å². The number of methoxy groups -OCH3 is 1. The van der Waals surface area contributed by atoms with E-state index >= 15 is 0 Å². The van der Waals surface area contributed by atoms with Crippen LogP contribution in [0.3, 0.4) is 0 Å². The van der Waals surface area contributed by atoms with Crippen molar-refractivity contribution in [3.05, 3.63) is 75.5 Å². The Labute approximate surface area is 174 Å². The van der Waals surface area contributed by atoms with Crippen molar-refractivity contribution >= 4 is 23.2 Å². The first-order valence-electron chi connectivity index (χ1n) is 9.25. The van der Waals surface area contributed by atoms with Crippen LogP contribution in [0.5, 0.6) is 5.75 Å². The molecule has 7 heteroatoms. The Balaban J connectivity index is 1.62. The van der Waals surface area contributed by atoms with Crippen LogP contribution in [0.1, 0.15) is 18.4 Å². The van der Waals surface area contributed by atoms with Crippen molar-refractivity contribution in [2.24, 2.45) is 0 Å². The standard InChI is InChI=1S/C22H22ClN3O3/c1-15-5-7-16(8-6-15)18-10-12-22(28)26(25-18)13-3-4-21(27)24-19-14-17(23)9-11-20(19)29-2/h5-12,14H,3-4,13H2,1-2H3,(H,24,27). The highest BCUT2D eigenvalue weighted by Gasteiger charge is 2.09. The second-order valence-electron chi connectivity index (χ2n) is 6.64. The number of rotatable bonds is 7. The molecule has 1 amide bonds. The first-order chi connectivity index (χ1) is 14.0. The molecule has 0 saturated carbocycles. The predicted molar refractivity (Wildman–Crippen MR) is 115 cm³/mol. The predicted octanol–water partition coefficient (Wildman–Crippen LogP) is 4.30. The lowest BCUT2D eigenvalue weighted by Gasteiger charge is -2.11. The molecule has 0 bridgehead atoms. The van der Waals surface area contributed by atoms with Gasteiger partial charge in [-0.05, 0) is 37.6 Å². The van der Waals surface area contributed by atoms with Crippen molar-refractivity contribution in [1.29, 1.82) is 0 Å². The maximum atomic E-state index is 12.3. The van der Waals surface area contributed by atoms with E-state index in [0.29, 0.717) is 29.4 Å². The Morgan fingerprint density at radius 2 is 1.90 bits per heavy atom. The zero-order valence-corrected chi connectivity index (χ0v) is 17.1. The van der Waals surface area contributed by atoms with Gasteiger partial charge in [0.15, 0.2) is 0 Å². The molecule has 0 aliphatic rings. The van der Waals surface area contributed by atoms with E-state index in [1.54, 1.807) is 24.3 Å². The molecule has 1 aromatic heterocycles. The molecular weight excluding hydrogens is 390 g/mol. The molecule has 0 fully saturated rings. The van der Waals surface area contributed by atoms with Crippen LogP contribution in [0.25, 0.3) is 11.3 Å². The Hall–Kier alpha value is -3.12. The minimum absolute atomic E-state index is 0.187. The molecule has 29 heavy (non-hydrogen) atoms. The lowest BCUT2D eigenvalue weighted by atomic mass is 10.1. The highest BCUT2D eigenvalue weighted by atomic mass is 35.5. The number of hydrogen-bond donors (Lipinski definition) is 1. The summed E-state index contributed by atoms with van der Waals surface area (Å²) in [5.41, 5.74) is 3.14. The smallest absolute Gasteiger partial charge is 0.266 e. The summed E-state index contributed by atoms with van der Waals surface area (Å²) >= 11 is 5.98. The molecular formula is C22H22ClN3O3. The van der Waals surface area contributed by atoms with Crippen molar-refractivity contribution in [2.75, 3.05) is 12.4 Å². The Morgan fingerprint density at radius 1 is 1.14 bits per heavy atom. The van der Waals surface area contributed by atoms with Crippen LogP contribution in [0, 0.1) is 6.92 Å². The summed E-state index contributed by atoms with van der Waals surface area (Å²) in [4.78, 5) is 24.4. The van der Waals surface area contributed by atoms with Crippen LogP contribution in [0.4, 0.5) is 5.69 Å². The number of nitrogens with one attached hydrogen (secondary N) is 1. The first kappa shape index (κ1) is 20.6. The summed E-state index contributed by atoms with van der Waals surface area (Å²) in [6.45, 7) is 2.36. The SMILES string of the molecule is COc1ccc(Cl)cc1NC(=O)CCCn1nc(-c2ccc(C)cc2)ccc1=O. The quantitative estimate of drug-likeness (QED) is 0.629. The lowest BCUT2D eigenvalue weighted by Crippen LogP contribution is -2.23. The third kappa shape index (κ3) is 5.45. The molecule has 0 aliphatic heterocycles. The second kappa shape index (κ2) is 9.39. The van der Waals surface area contributed by atoms with Crippen molar-refractivity contribution in [1.82, 2.24) is 9.78 Å². The Kier molecular flexibility index (Phi) is 6.67. The van der Waals surface area contributed by atoms with Gasteiger partial charge in [-0.1, -0.05) is 41.4 Å². The summed E-state index contributed by atoms with van der Waals surface area (Å²) in [6.07, 6.45) is 0.706. The van der Waals surface area contributed by atoms with Crippen molar-refractivity contribution < 1.29 is 9.53 Å². The maximum Gasteiger partial charge on any atom is 0.266 e. The fourth-order valence-electron chi connectivity index (χ4n) is 2.87. The monoisotopic (exact) mass is 411 g/mol. The van der Waals surface area contributed by atoms with E-state index in [9.17, 15) is 9.59 Å². The first-order valence-corrected chi connectivity index (χ1v) is 9.62. The number of carbonyl (C=O) groups is 1. The van der Waals surface area contributed by atoms with Crippen LogP contribution >= 0.6 is 11.6 Å². The summed E-state index contributed by atoms with van der Waals surface area (Å²) in [6, 6.07) is 16.2. The molecule has 0 unspecified atom stereocenters. The number of aryl methyl sites for hydroxylation is 2. The van der Waals surface area contributed by atoms with E-state index in [-0.39, 0.29) is 17.9 Å². The second-order valence-corrected chi connectivity index (χ2v) is 7.08. The number of ether oxygens (including phenoxy) is 1. The van der Waals surface area contributed by atoms with Crippen LogP contribution in [0.2, 0.25) is 5.02 Å². The normalized spacial score (nSPS) is 10.6. The number of hydrogen-bond acceptors (Lipinski definition) is 4. The average molecular weight is 412 g/mol. The van der Waals surface area contributed by atoms with E-state index in [4.69, 9.17) is 16.3 Å². The molecule has 0 aliphatic carbocycles. The molecule has 1 heterocycles. The average Bonchev–Trinajstić information content (AvgIpc) is 2.70. The molecule has 150 valence electrons. The van der Waals surface area contributed by atoms with Crippen molar-refractivity contribution in [2.45, 2.75) is 26.3 Å². The fraction of sp³-hybridized carbons (Fsp3) is 0.227. The molecule has 0 saturated heterocycles. The summed E-state index contributed by atoms with van der Waals surface area (Å²) < 4.78 is 6.62. The van der Waals surface area contributed by atoms with E-state index in [1.807, 2.05) is 31.2 Å². The van der Waals surface area contributed by atoms with Gasteiger partial charge in [0.05, 0.1) is 18.5 Å². The number of benzene rings is 2. The summed E-state index contributed by atoms with van der Waals surface area (Å²) in [7, 11) is 1.53. The summed E-state index contributed by atoms with van der Waals surface area (Å²) in [5, 5.41) is 7.72. The summed E-state index contributed by atoms with van der Waals surface area (Å²) in [5.74, 6) is 0.347. The van der Waals surface area contributed by atoms with Crippen LogP contribution in [0.15, 0.2) is 59.4 Å². The van der Waals surface area contributed by atoms with E-state index in [2.05, 4.69) is 10.4 Å². The zero-order valence-electron chi connectivity index (χ0n) is 16.3. The van der Waals surface area contributed by atoms with Gasteiger partial charge in [-0.25, -0.2) is 4.68 Å². The number of nitrogens with zero attached hydrogens (tertiary/aromatic N) is 2. The molecule has 3 aromatic rings.